The first kappa shape index (κ1) is 10.8. The highest BCUT2D eigenvalue weighted by atomic mass is 32.2. The first-order chi connectivity index (χ1) is 6.95. The smallest absolute Gasteiger partial charge is 0.00381 e. The fraction of sp³-hybridized carbons (Fsp3) is 1.00. The topological polar surface area (TPSA) is 12.0 Å². The van der Waals surface area contributed by atoms with Crippen molar-refractivity contribution in [1.29, 1.82) is 0 Å². The van der Waals surface area contributed by atoms with Crippen molar-refractivity contribution < 1.29 is 0 Å². The summed E-state index contributed by atoms with van der Waals surface area (Å²) in [6.45, 7) is 2.52. The van der Waals surface area contributed by atoms with Gasteiger partial charge >= 0.3 is 0 Å². The third-order valence-corrected chi connectivity index (χ3v) is 5.05. The Labute approximate surface area is 92.4 Å². The summed E-state index contributed by atoms with van der Waals surface area (Å²) in [4.78, 5) is 0. The Bertz CT molecular complexity index is 148. The molecule has 0 radical (unpaired) electrons. The van der Waals surface area contributed by atoms with E-state index in [1.165, 1.54) is 63.1 Å². The van der Waals surface area contributed by atoms with Gasteiger partial charge in [-0.15, -0.1) is 0 Å². The molecule has 0 amide bonds. The van der Waals surface area contributed by atoms with E-state index in [1.54, 1.807) is 0 Å². The van der Waals surface area contributed by atoms with Crippen LogP contribution in [0.5, 0.6) is 0 Å². The van der Waals surface area contributed by atoms with E-state index in [1.807, 2.05) is 0 Å². The SMILES string of the molecule is C1CCC(CSCC2CCNCC2)C1. The van der Waals surface area contributed by atoms with Crippen molar-refractivity contribution >= 4 is 11.8 Å². The zero-order valence-corrected chi connectivity index (χ0v) is 9.95. The minimum absolute atomic E-state index is 1.02. The van der Waals surface area contributed by atoms with Crippen molar-refractivity contribution in [3.8, 4) is 0 Å². The highest BCUT2D eigenvalue weighted by Crippen LogP contribution is 2.29. The van der Waals surface area contributed by atoms with Gasteiger partial charge in [-0.05, 0) is 62.1 Å². The Hall–Kier alpha value is 0.310. The van der Waals surface area contributed by atoms with Crippen molar-refractivity contribution in [2.45, 2.75) is 38.5 Å². The molecule has 0 atom stereocenters. The molecule has 0 bridgehead atoms. The summed E-state index contributed by atoms with van der Waals surface area (Å²) in [5.74, 6) is 4.96. The predicted octanol–water partition coefficient (Wildman–Crippen LogP) is 2.91. The summed E-state index contributed by atoms with van der Waals surface area (Å²) in [6, 6.07) is 0. The summed E-state index contributed by atoms with van der Waals surface area (Å²) < 4.78 is 0. The van der Waals surface area contributed by atoms with Crippen LogP contribution in [-0.4, -0.2) is 24.6 Å². The molecular weight excluding hydrogens is 190 g/mol. The van der Waals surface area contributed by atoms with Crippen molar-refractivity contribution in [2.24, 2.45) is 11.8 Å². The van der Waals surface area contributed by atoms with E-state index in [-0.39, 0.29) is 0 Å². The van der Waals surface area contributed by atoms with E-state index < -0.39 is 0 Å². The van der Waals surface area contributed by atoms with E-state index >= 15 is 0 Å². The molecular formula is C12H23NS. The molecule has 1 aliphatic heterocycles. The lowest BCUT2D eigenvalue weighted by molar-refractivity contribution is 0.407. The molecule has 0 aromatic heterocycles. The van der Waals surface area contributed by atoms with Gasteiger partial charge in [-0.2, -0.15) is 11.8 Å². The minimum Gasteiger partial charge on any atom is -0.317 e. The van der Waals surface area contributed by atoms with Crippen LogP contribution in [0, 0.1) is 11.8 Å². The van der Waals surface area contributed by atoms with Crippen molar-refractivity contribution in [3.05, 3.63) is 0 Å². The van der Waals surface area contributed by atoms with Gasteiger partial charge in [0, 0.05) is 0 Å². The van der Waals surface area contributed by atoms with Gasteiger partial charge in [-0.1, -0.05) is 12.8 Å². The molecule has 82 valence electrons. The molecule has 0 unspecified atom stereocenters. The van der Waals surface area contributed by atoms with Gasteiger partial charge in [0.1, 0.15) is 0 Å². The van der Waals surface area contributed by atoms with E-state index in [9.17, 15) is 0 Å². The Morgan fingerprint density at radius 1 is 0.857 bits per heavy atom. The van der Waals surface area contributed by atoms with Crippen molar-refractivity contribution in [1.82, 2.24) is 5.32 Å². The van der Waals surface area contributed by atoms with Gasteiger partial charge in [0.2, 0.25) is 0 Å². The van der Waals surface area contributed by atoms with Crippen LogP contribution >= 0.6 is 11.8 Å². The highest BCUT2D eigenvalue weighted by molar-refractivity contribution is 7.99. The zero-order chi connectivity index (χ0) is 9.64. The third-order valence-electron chi connectivity index (χ3n) is 3.64. The maximum Gasteiger partial charge on any atom is -0.00381 e. The van der Waals surface area contributed by atoms with Gasteiger partial charge in [0.15, 0.2) is 0 Å². The van der Waals surface area contributed by atoms with Crippen LogP contribution in [0.4, 0.5) is 0 Å². The standard InChI is InChI=1S/C12H23NS/c1-2-4-11(3-1)9-14-10-12-5-7-13-8-6-12/h11-13H,1-10H2. The van der Waals surface area contributed by atoms with Crippen molar-refractivity contribution in [3.63, 3.8) is 0 Å². The average Bonchev–Trinajstić information content (AvgIpc) is 2.72. The second-order valence-corrected chi connectivity index (χ2v) is 5.96. The van der Waals surface area contributed by atoms with Crippen LogP contribution in [0.15, 0.2) is 0 Å². The molecule has 1 aliphatic carbocycles. The molecule has 2 fully saturated rings. The van der Waals surface area contributed by atoms with Gasteiger partial charge in [-0.25, -0.2) is 0 Å². The normalized spacial score (nSPS) is 25.7. The number of nitrogens with one attached hydrogen (secondary N) is 1. The summed E-state index contributed by atoms with van der Waals surface area (Å²) in [7, 11) is 0. The first-order valence-corrected chi connectivity index (χ1v) is 7.39. The molecule has 1 saturated carbocycles. The molecule has 0 spiro atoms. The molecule has 1 nitrogen and oxygen atoms in total. The van der Waals surface area contributed by atoms with Gasteiger partial charge in [0.05, 0.1) is 0 Å². The minimum atomic E-state index is 1.02. The number of hydrogen-bond donors (Lipinski definition) is 1. The molecule has 2 heteroatoms. The number of hydrogen-bond acceptors (Lipinski definition) is 2. The summed E-state index contributed by atoms with van der Waals surface area (Å²) in [5, 5.41) is 3.44. The van der Waals surface area contributed by atoms with Crippen molar-refractivity contribution in [2.75, 3.05) is 24.6 Å². The average molecular weight is 213 g/mol. The van der Waals surface area contributed by atoms with Crippen LogP contribution in [0.2, 0.25) is 0 Å². The maximum atomic E-state index is 3.44. The summed E-state index contributed by atoms with van der Waals surface area (Å²) >= 11 is 2.23. The molecule has 1 saturated heterocycles. The van der Waals surface area contributed by atoms with E-state index in [0.29, 0.717) is 0 Å². The summed E-state index contributed by atoms with van der Waals surface area (Å²) in [5.41, 5.74) is 0. The first-order valence-electron chi connectivity index (χ1n) is 6.23. The number of piperidine rings is 1. The monoisotopic (exact) mass is 213 g/mol. The fourth-order valence-corrected chi connectivity index (χ4v) is 4.10. The highest BCUT2D eigenvalue weighted by Gasteiger charge is 2.17. The molecule has 14 heavy (non-hydrogen) atoms. The van der Waals surface area contributed by atoms with Crippen LogP contribution in [0.3, 0.4) is 0 Å². The molecule has 0 aromatic carbocycles. The number of rotatable bonds is 4. The van der Waals surface area contributed by atoms with E-state index in [2.05, 4.69) is 17.1 Å². The van der Waals surface area contributed by atoms with Crippen LogP contribution in [0.25, 0.3) is 0 Å². The fourth-order valence-electron chi connectivity index (χ4n) is 2.63. The largest absolute Gasteiger partial charge is 0.317 e. The second kappa shape index (κ2) is 6.02. The third kappa shape index (κ3) is 3.47. The lowest BCUT2D eigenvalue weighted by Gasteiger charge is -2.22. The molecule has 1 heterocycles. The van der Waals surface area contributed by atoms with Crippen LogP contribution < -0.4 is 5.32 Å². The molecule has 0 aromatic rings. The maximum absolute atomic E-state index is 3.44. The summed E-state index contributed by atoms with van der Waals surface area (Å²) in [6.07, 6.45) is 8.85. The molecule has 2 rings (SSSR count). The van der Waals surface area contributed by atoms with Gasteiger partial charge < -0.3 is 5.32 Å². The zero-order valence-electron chi connectivity index (χ0n) is 9.13. The van der Waals surface area contributed by atoms with Crippen LogP contribution in [0.1, 0.15) is 38.5 Å². The Balaban J connectivity index is 1.52. The second-order valence-electron chi connectivity index (χ2n) is 4.88. The quantitative estimate of drug-likeness (QED) is 0.770. The van der Waals surface area contributed by atoms with Gasteiger partial charge in [-0.3, -0.25) is 0 Å². The molecule has 2 aliphatic rings. The Kier molecular flexibility index (Phi) is 4.65. The number of thioether (sulfide) groups is 1. The van der Waals surface area contributed by atoms with E-state index in [4.69, 9.17) is 0 Å². The lowest BCUT2D eigenvalue weighted by atomic mass is 10.0. The van der Waals surface area contributed by atoms with Gasteiger partial charge in [0.25, 0.3) is 0 Å². The lowest BCUT2D eigenvalue weighted by Crippen LogP contribution is -2.28. The molecule has 1 N–H and O–H groups in total. The Morgan fingerprint density at radius 3 is 2.07 bits per heavy atom. The Morgan fingerprint density at radius 2 is 1.43 bits per heavy atom. The predicted molar refractivity (Wildman–Crippen MR) is 64.9 cm³/mol. The van der Waals surface area contributed by atoms with E-state index in [0.717, 1.165) is 11.8 Å². The van der Waals surface area contributed by atoms with Crippen LogP contribution in [-0.2, 0) is 0 Å².